The molecule has 0 aliphatic rings. The number of nitrogen functional groups attached to an aromatic ring is 1. The quantitative estimate of drug-likeness (QED) is 0.867. The molecule has 0 radical (unpaired) electrons. The van der Waals surface area contributed by atoms with Gasteiger partial charge in [0.1, 0.15) is 17.3 Å². The summed E-state index contributed by atoms with van der Waals surface area (Å²) in [7, 11) is 3.18. The van der Waals surface area contributed by atoms with Crippen molar-refractivity contribution in [3.05, 3.63) is 35.7 Å². The Balaban J connectivity index is 2.11. The van der Waals surface area contributed by atoms with E-state index >= 15 is 0 Å². The zero-order valence-corrected chi connectivity index (χ0v) is 11.8. The molecular formula is C14H18N4O2. The zero-order chi connectivity index (χ0) is 14.5. The Labute approximate surface area is 118 Å². The first-order chi connectivity index (χ1) is 9.63. The number of ether oxygens (including phenoxy) is 2. The van der Waals surface area contributed by atoms with Gasteiger partial charge in [-0.05, 0) is 24.6 Å². The van der Waals surface area contributed by atoms with Crippen LogP contribution in [0.3, 0.4) is 0 Å². The molecule has 1 heterocycles. The molecule has 0 aliphatic heterocycles. The van der Waals surface area contributed by atoms with Crippen LogP contribution in [0.2, 0.25) is 0 Å². The number of nitrogens with two attached hydrogens (primary N) is 1. The van der Waals surface area contributed by atoms with Crippen molar-refractivity contribution >= 4 is 11.5 Å². The van der Waals surface area contributed by atoms with Gasteiger partial charge in [-0.15, -0.1) is 0 Å². The number of methoxy groups -OCH3 is 2. The number of aryl methyl sites for hydroxylation is 1. The van der Waals surface area contributed by atoms with Gasteiger partial charge in [0.05, 0.1) is 14.2 Å². The topological polar surface area (TPSA) is 82.3 Å². The SMILES string of the molecule is COc1ccc(CNc2nc(C)nc(OC)c2N)cc1. The highest BCUT2D eigenvalue weighted by Crippen LogP contribution is 2.26. The Bertz CT molecular complexity index is 584. The maximum atomic E-state index is 5.94. The fraction of sp³-hybridized carbons (Fsp3) is 0.286. The van der Waals surface area contributed by atoms with Gasteiger partial charge in [-0.25, -0.2) is 4.98 Å². The van der Waals surface area contributed by atoms with Crippen molar-refractivity contribution in [1.29, 1.82) is 0 Å². The standard InChI is InChI=1S/C14H18N4O2/c1-9-17-13(12(15)14(18-9)20-3)16-8-10-4-6-11(19-2)7-5-10/h4-7H,8,15H2,1-3H3,(H,16,17,18). The first kappa shape index (κ1) is 13.9. The molecule has 2 rings (SSSR count). The summed E-state index contributed by atoms with van der Waals surface area (Å²) in [4.78, 5) is 8.39. The van der Waals surface area contributed by atoms with Crippen molar-refractivity contribution in [2.24, 2.45) is 0 Å². The molecule has 0 aliphatic carbocycles. The monoisotopic (exact) mass is 274 g/mol. The van der Waals surface area contributed by atoms with E-state index in [1.807, 2.05) is 24.3 Å². The van der Waals surface area contributed by atoms with Crippen LogP contribution in [0.15, 0.2) is 24.3 Å². The van der Waals surface area contributed by atoms with E-state index in [2.05, 4.69) is 15.3 Å². The van der Waals surface area contributed by atoms with Gasteiger partial charge in [-0.3, -0.25) is 0 Å². The van der Waals surface area contributed by atoms with Crippen molar-refractivity contribution in [2.45, 2.75) is 13.5 Å². The van der Waals surface area contributed by atoms with Gasteiger partial charge in [0, 0.05) is 6.54 Å². The number of benzene rings is 1. The normalized spacial score (nSPS) is 10.2. The molecule has 1 aromatic carbocycles. The third kappa shape index (κ3) is 3.09. The van der Waals surface area contributed by atoms with Crippen LogP contribution in [0.4, 0.5) is 11.5 Å². The third-order valence-electron chi connectivity index (χ3n) is 2.83. The van der Waals surface area contributed by atoms with E-state index < -0.39 is 0 Å². The first-order valence-corrected chi connectivity index (χ1v) is 6.19. The van der Waals surface area contributed by atoms with E-state index in [0.29, 0.717) is 29.8 Å². The maximum absolute atomic E-state index is 5.94. The van der Waals surface area contributed by atoms with Crippen LogP contribution in [0.1, 0.15) is 11.4 Å². The van der Waals surface area contributed by atoms with Crippen LogP contribution in [0, 0.1) is 6.92 Å². The van der Waals surface area contributed by atoms with E-state index in [1.54, 1.807) is 14.0 Å². The number of hydrogen-bond acceptors (Lipinski definition) is 6. The summed E-state index contributed by atoms with van der Waals surface area (Å²) in [6.07, 6.45) is 0. The predicted octanol–water partition coefficient (Wildman–Crippen LogP) is 2.00. The molecule has 2 aromatic rings. The Morgan fingerprint density at radius 3 is 2.40 bits per heavy atom. The maximum Gasteiger partial charge on any atom is 0.242 e. The molecular weight excluding hydrogens is 256 g/mol. The minimum Gasteiger partial charge on any atom is -0.497 e. The van der Waals surface area contributed by atoms with Gasteiger partial charge in [-0.2, -0.15) is 4.98 Å². The van der Waals surface area contributed by atoms with Gasteiger partial charge in [0.2, 0.25) is 5.88 Å². The Hall–Kier alpha value is -2.50. The van der Waals surface area contributed by atoms with Crippen molar-refractivity contribution in [3.8, 4) is 11.6 Å². The molecule has 0 amide bonds. The Morgan fingerprint density at radius 2 is 1.80 bits per heavy atom. The van der Waals surface area contributed by atoms with Gasteiger partial charge < -0.3 is 20.5 Å². The number of anilines is 2. The Kier molecular flexibility index (Phi) is 4.24. The average molecular weight is 274 g/mol. The average Bonchev–Trinajstić information content (AvgIpc) is 2.48. The van der Waals surface area contributed by atoms with E-state index in [9.17, 15) is 0 Å². The lowest BCUT2D eigenvalue weighted by Gasteiger charge is -2.11. The van der Waals surface area contributed by atoms with E-state index in [0.717, 1.165) is 11.3 Å². The number of hydrogen-bond donors (Lipinski definition) is 2. The molecule has 0 saturated heterocycles. The summed E-state index contributed by atoms with van der Waals surface area (Å²) >= 11 is 0. The number of nitrogens with zero attached hydrogens (tertiary/aromatic N) is 2. The van der Waals surface area contributed by atoms with E-state index in [1.165, 1.54) is 7.11 Å². The molecule has 0 saturated carbocycles. The molecule has 0 fully saturated rings. The molecule has 0 spiro atoms. The highest BCUT2D eigenvalue weighted by Gasteiger charge is 2.10. The summed E-state index contributed by atoms with van der Waals surface area (Å²) < 4.78 is 10.2. The minimum absolute atomic E-state index is 0.384. The van der Waals surface area contributed by atoms with Crippen molar-refractivity contribution in [3.63, 3.8) is 0 Å². The highest BCUT2D eigenvalue weighted by molar-refractivity contribution is 5.66. The fourth-order valence-corrected chi connectivity index (χ4v) is 1.78. The van der Waals surface area contributed by atoms with Gasteiger partial charge in [0.25, 0.3) is 0 Å². The van der Waals surface area contributed by atoms with Gasteiger partial charge in [0.15, 0.2) is 5.82 Å². The van der Waals surface area contributed by atoms with E-state index in [4.69, 9.17) is 15.2 Å². The van der Waals surface area contributed by atoms with Gasteiger partial charge >= 0.3 is 0 Å². The molecule has 6 heteroatoms. The summed E-state index contributed by atoms with van der Waals surface area (Å²) in [5, 5.41) is 3.19. The number of aromatic nitrogens is 2. The molecule has 0 atom stereocenters. The second-order valence-electron chi connectivity index (χ2n) is 4.24. The highest BCUT2D eigenvalue weighted by atomic mass is 16.5. The van der Waals surface area contributed by atoms with Crippen molar-refractivity contribution < 1.29 is 9.47 Å². The van der Waals surface area contributed by atoms with Crippen LogP contribution in [0.5, 0.6) is 11.6 Å². The fourth-order valence-electron chi connectivity index (χ4n) is 1.78. The van der Waals surface area contributed by atoms with Crippen molar-refractivity contribution in [1.82, 2.24) is 9.97 Å². The summed E-state index contributed by atoms with van der Waals surface area (Å²) in [6, 6.07) is 7.78. The second-order valence-corrected chi connectivity index (χ2v) is 4.24. The molecule has 6 nitrogen and oxygen atoms in total. The summed E-state index contributed by atoms with van der Waals surface area (Å²) in [5.41, 5.74) is 7.45. The lowest BCUT2D eigenvalue weighted by atomic mass is 10.2. The second kappa shape index (κ2) is 6.10. The van der Waals surface area contributed by atoms with Gasteiger partial charge in [-0.1, -0.05) is 12.1 Å². The van der Waals surface area contributed by atoms with Crippen LogP contribution in [-0.2, 0) is 6.54 Å². The lowest BCUT2D eigenvalue weighted by molar-refractivity contribution is 0.398. The third-order valence-corrected chi connectivity index (χ3v) is 2.83. The van der Waals surface area contributed by atoms with Crippen LogP contribution < -0.4 is 20.5 Å². The van der Waals surface area contributed by atoms with E-state index in [-0.39, 0.29) is 0 Å². The molecule has 106 valence electrons. The first-order valence-electron chi connectivity index (χ1n) is 6.19. The molecule has 1 aromatic heterocycles. The van der Waals surface area contributed by atoms with Crippen LogP contribution >= 0.6 is 0 Å². The largest absolute Gasteiger partial charge is 0.497 e. The van der Waals surface area contributed by atoms with Crippen LogP contribution in [0.25, 0.3) is 0 Å². The lowest BCUT2D eigenvalue weighted by Crippen LogP contribution is -2.08. The molecule has 3 N–H and O–H groups in total. The molecule has 0 unspecified atom stereocenters. The number of nitrogens with one attached hydrogen (secondary N) is 1. The minimum atomic E-state index is 0.384. The number of rotatable bonds is 5. The summed E-state index contributed by atoms with van der Waals surface area (Å²) in [6.45, 7) is 2.40. The Morgan fingerprint density at radius 1 is 1.10 bits per heavy atom. The summed E-state index contributed by atoms with van der Waals surface area (Å²) in [5.74, 6) is 2.39. The smallest absolute Gasteiger partial charge is 0.242 e. The van der Waals surface area contributed by atoms with Crippen LogP contribution in [-0.4, -0.2) is 24.2 Å². The molecule has 20 heavy (non-hydrogen) atoms. The molecule has 0 bridgehead atoms. The zero-order valence-electron chi connectivity index (χ0n) is 11.8. The van der Waals surface area contributed by atoms with Crippen molar-refractivity contribution in [2.75, 3.05) is 25.3 Å². The predicted molar refractivity (Wildman–Crippen MR) is 78.1 cm³/mol.